The molecule has 1 saturated heterocycles. The van der Waals surface area contributed by atoms with Gasteiger partial charge in [-0.2, -0.15) is 5.10 Å². The van der Waals surface area contributed by atoms with Crippen molar-refractivity contribution in [2.75, 3.05) is 6.61 Å². The minimum atomic E-state index is -0.448. The number of rotatable bonds is 9. The molecule has 1 amide bonds. The molecular formula is C21H22N4O4S. The van der Waals surface area contributed by atoms with Crippen molar-refractivity contribution >= 4 is 34.7 Å². The average molecular weight is 426 g/mol. The van der Waals surface area contributed by atoms with Gasteiger partial charge in [0.1, 0.15) is 5.75 Å². The van der Waals surface area contributed by atoms with Gasteiger partial charge in [-0.1, -0.05) is 49.4 Å². The zero-order valence-electron chi connectivity index (χ0n) is 16.5. The van der Waals surface area contributed by atoms with Crippen LogP contribution in [0.1, 0.15) is 30.9 Å². The van der Waals surface area contributed by atoms with Crippen molar-refractivity contribution in [1.29, 1.82) is 0 Å². The molecule has 1 heterocycles. The van der Waals surface area contributed by atoms with Gasteiger partial charge in [0.2, 0.25) is 5.91 Å². The number of nitro groups is 1. The first kappa shape index (κ1) is 21.5. The van der Waals surface area contributed by atoms with Gasteiger partial charge in [-0.3, -0.25) is 14.9 Å². The second kappa shape index (κ2) is 10.5. The summed E-state index contributed by atoms with van der Waals surface area (Å²) in [7, 11) is 0. The van der Waals surface area contributed by atoms with Crippen LogP contribution in [0, 0.1) is 10.1 Å². The molecule has 0 bridgehead atoms. The standard InChI is InChI=1S/C21H22N4O4S/c1-2-3-11-29-18-10-5-4-8-16(18)14-22-24-21-23-20(26)19(30-21)13-15-7-6-9-17(12-15)25(27)28/h4-10,12,14,19H,2-3,11,13H2,1H3,(H,23,24,26)/b22-14+. The highest BCUT2D eigenvalue weighted by molar-refractivity contribution is 8.15. The number of thioether (sulfide) groups is 1. The number of ether oxygens (including phenoxy) is 1. The quantitative estimate of drug-likeness (QED) is 0.283. The highest BCUT2D eigenvalue weighted by Gasteiger charge is 2.30. The van der Waals surface area contributed by atoms with Crippen molar-refractivity contribution in [3.63, 3.8) is 0 Å². The number of unbranched alkanes of at least 4 members (excludes halogenated alkanes) is 1. The van der Waals surface area contributed by atoms with Crippen LogP contribution in [0.3, 0.4) is 0 Å². The summed E-state index contributed by atoms with van der Waals surface area (Å²) in [6.07, 6.45) is 3.99. The lowest BCUT2D eigenvalue weighted by molar-refractivity contribution is -0.384. The molecule has 1 atom stereocenters. The van der Waals surface area contributed by atoms with Crippen molar-refractivity contribution < 1.29 is 14.5 Å². The molecule has 2 aromatic rings. The number of benzene rings is 2. The fourth-order valence-electron chi connectivity index (χ4n) is 2.79. The van der Waals surface area contributed by atoms with Gasteiger partial charge in [-0.05, 0) is 30.5 Å². The van der Waals surface area contributed by atoms with Gasteiger partial charge in [0.05, 0.1) is 23.0 Å². The summed E-state index contributed by atoms with van der Waals surface area (Å²) in [6, 6.07) is 13.8. The number of hydrogen-bond acceptors (Lipinski definition) is 7. The van der Waals surface area contributed by atoms with E-state index in [9.17, 15) is 14.9 Å². The van der Waals surface area contributed by atoms with Gasteiger partial charge in [-0.15, -0.1) is 5.10 Å². The summed E-state index contributed by atoms with van der Waals surface area (Å²) in [6.45, 7) is 2.74. The zero-order valence-corrected chi connectivity index (χ0v) is 17.3. The Morgan fingerprint density at radius 1 is 1.27 bits per heavy atom. The third-order valence-corrected chi connectivity index (χ3v) is 5.41. The number of carbonyl (C=O) groups is 1. The number of nitro benzene ring substituents is 1. The minimum absolute atomic E-state index is 0.00853. The first-order valence-electron chi connectivity index (χ1n) is 9.60. The number of nitrogens with zero attached hydrogens (tertiary/aromatic N) is 3. The van der Waals surface area contributed by atoms with E-state index in [-0.39, 0.29) is 11.6 Å². The molecule has 1 unspecified atom stereocenters. The first-order chi connectivity index (χ1) is 14.6. The fourth-order valence-corrected chi connectivity index (χ4v) is 3.75. The van der Waals surface area contributed by atoms with E-state index in [2.05, 4.69) is 22.4 Å². The predicted octanol–water partition coefficient (Wildman–Crippen LogP) is 3.94. The van der Waals surface area contributed by atoms with E-state index >= 15 is 0 Å². The maximum absolute atomic E-state index is 12.2. The Balaban J connectivity index is 1.62. The van der Waals surface area contributed by atoms with Gasteiger partial charge >= 0.3 is 0 Å². The largest absolute Gasteiger partial charge is 0.493 e. The number of non-ortho nitro benzene ring substituents is 1. The lowest BCUT2D eigenvalue weighted by Crippen LogP contribution is -2.25. The molecule has 9 heteroatoms. The Kier molecular flexibility index (Phi) is 7.56. The Morgan fingerprint density at radius 2 is 2.10 bits per heavy atom. The maximum Gasteiger partial charge on any atom is 0.269 e. The van der Waals surface area contributed by atoms with Crippen LogP contribution in [0.15, 0.2) is 58.7 Å². The number of amidine groups is 1. The maximum atomic E-state index is 12.2. The Hall–Kier alpha value is -3.20. The summed E-state index contributed by atoms with van der Waals surface area (Å²) in [4.78, 5) is 22.7. The summed E-state index contributed by atoms with van der Waals surface area (Å²) in [5, 5.41) is 21.8. The van der Waals surface area contributed by atoms with Crippen LogP contribution >= 0.6 is 11.8 Å². The van der Waals surface area contributed by atoms with E-state index < -0.39 is 10.2 Å². The van der Waals surface area contributed by atoms with Crippen molar-refractivity contribution in [3.8, 4) is 5.75 Å². The van der Waals surface area contributed by atoms with E-state index in [1.165, 1.54) is 23.9 Å². The van der Waals surface area contributed by atoms with Gasteiger partial charge in [0.25, 0.3) is 5.69 Å². The minimum Gasteiger partial charge on any atom is -0.493 e. The molecule has 0 spiro atoms. The molecular weight excluding hydrogens is 404 g/mol. The molecule has 8 nitrogen and oxygen atoms in total. The molecule has 3 rings (SSSR count). The van der Waals surface area contributed by atoms with Gasteiger partial charge in [0.15, 0.2) is 5.17 Å². The summed E-state index contributed by atoms with van der Waals surface area (Å²) in [5.41, 5.74) is 1.54. The molecule has 1 aliphatic heterocycles. The third kappa shape index (κ3) is 5.90. The molecule has 0 aromatic heterocycles. The second-order valence-corrected chi connectivity index (χ2v) is 7.81. The summed E-state index contributed by atoms with van der Waals surface area (Å²) in [5.74, 6) is 0.547. The van der Waals surface area contributed by atoms with Crippen molar-refractivity contribution in [2.24, 2.45) is 10.2 Å². The van der Waals surface area contributed by atoms with E-state index in [0.717, 1.165) is 29.7 Å². The van der Waals surface area contributed by atoms with Crippen LogP contribution < -0.4 is 10.1 Å². The Morgan fingerprint density at radius 3 is 2.90 bits per heavy atom. The summed E-state index contributed by atoms with van der Waals surface area (Å²) >= 11 is 1.26. The van der Waals surface area contributed by atoms with E-state index in [4.69, 9.17) is 4.74 Å². The second-order valence-electron chi connectivity index (χ2n) is 6.62. The van der Waals surface area contributed by atoms with Crippen LogP contribution in [0.4, 0.5) is 5.69 Å². The van der Waals surface area contributed by atoms with Crippen LogP contribution in [0.5, 0.6) is 5.75 Å². The molecule has 1 N–H and O–H groups in total. The molecule has 1 aliphatic rings. The normalized spacial score (nSPS) is 17.4. The topological polar surface area (TPSA) is 106 Å². The summed E-state index contributed by atoms with van der Waals surface area (Å²) < 4.78 is 5.76. The highest BCUT2D eigenvalue weighted by atomic mass is 32.2. The van der Waals surface area contributed by atoms with Crippen LogP contribution in [-0.2, 0) is 11.2 Å². The monoisotopic (exact) mass is 426 g/mol. The van der Waals surface area contributed by atoms with E-state index in [1.807, 2.05) is 24.3 Å². The zero-order chi connectivity index (χ0) is 21.3. The smallest absolute Gasteiger partial charge is 0.269 e. The average Bonchev–Trinajstić information content (AvgIpc) is 3.08. The van der Waals surface area contributed by atoms with Gasteiger partial charge in [0, 0.05) is 17.7 Å². The van der Waals surface area contributed by atoms with E-state index in [1.54, 1.807) is 18.3 Å². The molecule has 30 heavy (non-hydrogen) atoms. The number of carbonyl (C=O) groups excluding carboxylic acids is 1. The molecule has 0 saturated carbocycles. The van der Waals surface area contributed by atoms with Crippen LogP contribution in [0.2, 0.25) is 0 Å². The molecule has 1 fully saturated rings. The number of hydrogen-bond donors (Lipinski definition) is 1. The van der Waals surface area contributed by atoms with Crippen LogP contribution in [-0.4, -0.2) is 34.1 Å². The predicted molar refractivity (Wildman–Crippen MR) is 118 cm³/mol. The Labute approximate surface area is 178 Å². The third-order valence-electron chi connectivity index (χ3n) is 4.34. The van der Waals surface area contributed by atoms with Crippen molar-refractivity contribution in [1.82, 2.24) is 5.32 Å². The van der Waals surface area contributed by atoms with Gasteiger partial charge in [-0.25, -0.2) is 0 Å². The van der Waals surface area contributed by atoms with Crippen LogP contribution in [0.25, 0.3) is 0 Å². The fraction of sp³-hybridized carbons (Fsp3) is 0.286. The molecule has 0 aliphatic carbocycles. The lowest BCUT2D eigenvalue weighted by Gasteiger charge is -2.07. The van der Waals surface area contributed by atoms with Crippen molar-refractivity contribution in [3.05, 3.63) is 69.8 Å². The van der Waals surface area contributed by atoms with Crippen molar-refractivity contribution in [2.45, 2.75) is 31.4 Å². The van der Waals surface area contributed by atoms with E-state index in [0.29, 0.717) is 18.2 Å². The molecule has 0 radical (unpaired) electrons. The molecule has 2 aromatic carbocycles. The number of amides is 1. The van der Waals surface area contributed by atoms with Gasteiger partial charge < -0.3 is 10.1 Å². The Bertz CT molecular complexity index is 977. The number of para-hydroxylation sites is 1. The highest BCUT2D eigenvalue weighted by Crippen LogP contribution is 2.25. The SMILES string of the molecule is CCCCOc1ccccc1/C=N/N=C1\NC(=O)C(Cc2cccc([N+](=O)[O-])c2)S1. The lowest BCUT2D eigenvalue weighted by atomic mass is 10.1. The molecule has 156 valence electrons. The first-order valence-corrected chi connectivity index (χ1v) is 10.5. The number of nitrogens with one attached hydrogen (secondary N) is 1.